The van der Waals surface area contributed by atoms with Crippen molar-refractivity contribution in [3.63, 3.8) is 0 Å². The third-order valence-corrected chi connectivity index (χ3v) is 6.26. The Morgan fingerprint density at radius 3 is 1.54 bits per heavy atom. The minimum absolute atomic E-state index is 0.0596. The van der Waals surface area contributed by atoms with E-state index in [2.05, 4.69) is 0 Å². The molecule has 4 rings (SSSR count). The Labute approximate surface area is 157 Å². The predicted molar refractivity (Wildman–Crippen MR) is 109 cm³/mol. The summed E-state index contributed by atoms with van der Waals surface area (Å²) in [7, 11) is 0. The molecule has 0 saturated carbocycles. The molecule has 0 aliphatic carbocycles. The average molecular weight is 378 g/mol. The van der Waals surface area contributed by atoms with Gasteiger partial charge in [-0.25, -0.2) is 0 Å². The van der Waals surface area contributed by atoms with Crippen molar-refractivity contribution in [3.05, 3.63) is 89.9 Å². The maximum absolute atomic E-state index is 13.0. The molecule has 0 bridgehead atoms. The van der Waals surface area contributed by atoms with Crippen LogP contribution in [0.4, 0.5) is 0 Å². The molecular weight excluding hydrogens is 364 g/mol. The van der Waals surface area contributed by atoms with Gasteiger partial charge in [-0.05, 0) is 48.9 Å². The van der Waals surface area contributed by atoms with E-state index in [1.807, 2.05) is 50.2 Å². The van der Waals surface area contributed by atoms with E-state index in [0.717, 1.165) is 54.0 Å². The van der Waals surface area contributed by atoms with E-state index in [4.69, 9.17) is 0 Å². The number of hydrogen-bond donors (Lipinski definition) is 0. The Morgan fingerprint density at radius 2 is 1.12 bits per heavy atom. The highest BCUT2D eigenvalue weighted by Crippen LogP contribution is 2.22. The molecule has 5 heteroatoms. The van der Waals surface area contributed by atoms with Crippen molar-refractivity contribution in [2.75, 3.05) is 0 Å². The van der Waals surface area contributed by atoms with Crippen molar-refractivity contribution in [1.82, 2.24) is 0 Å². The summed E-state index contributed by atoms with van der Waals surface area (Å²) in [4.78, 5) is 37.9. The Bertz CT molecular complexity index is 1210. The maximum atomic E-state index is 13.0. The fourth-order valence-electron chi connectivity index (χ4n) is 2.95. The molecule has 128 valence electrons. The van der Waals surface area contributed by atoms with E-state index in [9.17, 15) is 14.4 Å². The van der Waals surface area contributed by atoms with Gasteiger partial charge in [0.1, 0.15) is 0 Å². The standard InChI is InChI=1S/C21H14O3S2/c1-11-3-5-17-13(7-11)9-15(20(23)25-17)19(22)16-10-14-8-12(2)4-6-18(14)26-21(16)24/h3-10H,1-2H3. The van der Waals surface area contributed by atoms with Gasteiger partial charge >= 0.3 is 0 Å². The third-order valence-electron chi connectivity index (χ3n) is 4.26. The number of fused-ring (bicyclic) bond motifs is 2. The van der Waals surface area contributed by atoms with Crippen molar-refractivity contribution < 1.29 is 4.79 Å². The van der Waals surface area contributed by atoms with Gasteiger partial charge in [0.25, 0.3) is 0 Å². The quantitative estimate of drug-likeness (QED) is 0.476. The summed E-state index contributed by atoms with van der Waals surface area (Å²) in [6.45, 7) is 3.92. The SMILES string of the molecule is Cc1ccc2sc(=O)c(C(=O)c3cc4cc(C)ccc4sc3=O)cc2c1. The van der Waals surface area contributed by atoms with Crippen LogP contribution < -0.4 is 9.48 Å². The smallest absolute Gasteiger partial charge is 0.244 e. The molecule has 2 aromatic heterocycles. The molecular formula is C21H14O3S2. The van der Waals surface area contributed by atoms with Crippen LogP contribution in [0.3, 0.4) is 0 Å². The molecule has 2 heterocycles. The van der Waals surface area contributed by atoms with Gasteiger partial charge in [-0.1, -0.05) is 58.1 Å². The van der Waals surface area contributed by atoms with Crippen LogP contribution in [0, 0.1) is 13.8 Å². The van der Waals surface area contributed by atoms with Gasteiger partial charge in [0.2, 0.25) is 15.3 Å². The lowest BCUT2D eigenvalue weighted by Gasteiger charge is -2.04. The fraction of sp³-hybridized carbons (Fsp3) is 0.0952. The zero-order chi connectivity index (χ0) is 18.4. The summed E-state index contributed by atoms with van der Waals surface area (Å²) in [6.07, 6.45) is 0. The van der Waals surface area contributed by atoms with Crippen LogP contribution in [0.1, 0.15) is 27.0 Å². The normalized spacial score (nSPS) is 11.2. The second-order valence-electron chi connectivity index (χ2n) is 6.31. The Morgan fingerprint density at radius 1 is 0.692 bits per heavy atom. The molecule has 0 saturated heterocycles. The van der Waals surface area contributed by atoms with E-state index in [1.165, 1.54) is 0 Å². The lowest BCUT2D eigenvalue weighted by atomic mass is 10.0. The van der Waals surface area contributed by atoms with Crippen LogP contribution in [-0.4, -0.2) is 5.78 Å². The molecule has 2 aromatic carbocycles. The van der Waals surface area contributed by atoms with Crippen molar-refractivity contribution in [3.8, 4) is 0 Å². The maximum Gasteiger partial charge on any atom is 0.244 e. The number of benzene rings is 2. The molecule has 4 aromatic rings. The van der Waals surface area contributed by atoms with Gasteiger partial charge in [-0.3, -0.25) is 14.4 Å². The molecule has 0 unspecified atom stereocenters. The van der Waals surface area contributed by atoms with Crippen LogP contribution in [0.15, 0.2) is 58.1 Å². The molecule has 0 N–H and O–H groups in total. The largest absolute Gasteiger partial charge is 0.288 e. The fourth-order valence-corrected chi connectivity index (χ4v) is 4.61. The summed E-state index contributed by atoms with van der Waals surface area (Å²) in [5.41, 5.74) is 2.22. The molecule has 26 heavy (non-hydrogen) atoms. The summed E-state index contributed by atoms with van der Waals surface area (Å²) in [5, 5.41) is 1.68. The Balaban J connectivity index is 1.92. The number of rotatable bonds is 2. The summed E-state index contributed by atoms with van der Waals surface area (Å²) >= 11 is 2.07. The average Bonchev–Trinajstić information content (AvgIpc) is 2.60. The van der Waals surface area contributed by atoms with Gasteiger partial charge < -0.3 is 0 Å². The second-order valence-corrected chi connectivity index (χ2v) is 8.34. The first-order chi connectivity index (χ1) is 12.4. The summed E-state index contributed by atoms with van der Waals surface area (Å²) < 4.78 is 1.02. The molecule has 0 fully saturated rings. The van der Waals surface area contributed by atoms with Gasteiger partial charge in [0.15, 0.2) is 0 Å². The lowest BCUT2D eigenvalue weighted by Crippen LogP contribution is -2.18. The predicted octanol–water partition coefficient (Wildman–Crippen LogP) is 4.68. The highest BCUT2D eigenvalue weighted by atomic mass is 32.1. The van der Waals surface area contributed by atoms with Crippen LogP contribution >= 0.6 is 22.7 Å². The first-order valence-electron chi connectivity index (χ1n) is 8.06. The molecule has 0 aliphatic rings. The highest BCUT2D eigenvalue weighted by Gasteiger charge is 2.18. The number of ketones is 1. The van der Waals surface area contributed by atoms with E-state index in [1.54, 1.807) is 12.1 Å². The highest BCUT2D eigenvalue weighted by molar-refractivity contribution is 7.17. The monoisotopic (exact) mass is 378 g/mol. The molecule has 0 atom stereocenters. The lowest BCUT2D eigenvalue weighted by molar-refractivity contribution is 0.103. The molecule has 0 amide bonds. The minimum atomic E-state index is -0.501. The second kappa shape index (κ2) is 6.27. The van der Waals surface area contributed by atoms with Crippen molar-refractivity contribution in [2.45, 2.75) is 13.8 Å². The van der Waals surface area contributed by atoms with Crippen LogP contribution in [0.2, 0.25) is 0 Å². The van der Waals surface area contributed by atoms with Crippen molar-refractivity contribution in [2.24, 2.45) is 0 Å². The zero-order valence-corrected chi connectivity index (χ0v) is 15.8. The minimum Gasteiger partial charge on any atom is -0.288 e. The Kier molecular flexibility index (Phi) is 4.05. The number of carbonyl (C=O) groups excluding carboxylic acids is 1. The molecule has 0 radical (unpaired) electrons. The van der Waals surface area contributed by atoms with E-state index in [-0.39, 0.29) is 20.6 Å². The van der Waals surface area contributed by atoms with Crippen LogP contribution in [0.5, 0.6) is 0 Å². The number of hydrogen-bond acceptors (Lipinski definition) is 5. The zero-order valence-electron chi connectivity index (χ0n) is 14.2. The summed E-state index contributed by atoms with van der Waals surface area (Å²) in [5.74, 6) is -0.501. The van der Waals surface area contributed by atoms with Crippen LogP contribution in [0.25, 0.3) is 20.2 Å². The number of carbonyl (C=O) groups is 1. The van der Waals surface area contributed by atoms with E-state index >= 15 is 0 Å². The summed E-state index contributed by atoms with van der Waals surface area (Å²) in [6, 6.07) is 14.7. The molecule has 0 aliphatic heterocycles. The van der Waals surface area contributed by atoms with E-state index in [0.29, 0.717) is 0 Å². The van der Waals surface area contributed by atoms with Gasteiger partial charge in [-0.2, -0.15) is 0 Å². The van der Waals surface area contributed by atoms with Crippen molar-refractivity contribution in [1.29, 1.82) is 0 Å². The van der Waals surface area contributed by atoms with Crippen LogP contribution in [-0.2, 0) is 0 Å². The molecule has 3 nitrogen and oxygen atoms in total. The Hall–Kier alpha value is -2.63. The number of aryl methyl sites for hydroxylation is 2. The first-order valence-corrected chi connectivity index (χ1v) is 9.69. The van der Waals surface area contributed by atoms with Gasteiger partial charge in [0, 0.05) is 9.40 Å². The van der Waals surface area contributed by atoms with Gasteiger partial charge in [0.05, 0.1) is 11.1 Å². The van der Waals surface area contributed by atoms with Crippen molar-refractivity contribution >= 4 is 48.6 Å². The van der Waals surface area contributed by atoms with E-state index < -0.39 is 5.78 Å². The topological polar surface area (TPSA) is 51.2 Å². The van der Waals surface area contributed by atoms with Gasteiger partial charge in [-0.15, -0.1) is 0 Å². The third kappa shape index (κ3) is 2.89. The first kappa shape index (κ1) is 16.8. The molecule has 0 spiro atoms.